The Morgan fingerprint density at radius 2 is 1.36 bits per heavy atom. The normalized spacial score (nSPS) is 17.7. The summed E-state index contributed by atoms with van der Waals surface area (Å²) in [6.45, 7) is 6.20. The average molecular weight is 727 g/mol. The molecule has 2 aromatic heterocycles. The maximum atomic E-state index is 14.3. The topological polar surface area (TPSA) is 116 Å². The average Bonchev–Trinajstić information content (AvgIpc) is 3.96. The first kappa shape index (κ1) is 35.8. The van der Waals surface area contributed by atoms with Gasteiger partial charge in [-0.25, -0.2) is 14.8 Å². The lowest BCUT2D eigenvalue weighted by atomic mass is 10.0. The molecule has 276 valence electrons. The van der Waals surface area contributed by atoms with Crippen molar-refractivity contribution in [1.29, 1.82) is 0 Å². The van der Waals surface area contributed by atoms with E-state index in [0.29, 0.717) is 37.2 Å². The van der Waals surface area contributed by atoms with Crippen LogP contribution in [0.15, 0.2) is 85.1 Å². The summed E-state index contributed by atoms with van der Waals surface area (Å²) in [6.07, 6.45) is -0.726. The van der Waals surface area contributed by atoms with E-state index >= 15 is 0 Å². The number of carbonyl (C=O) groups excluding carboxylic acids is 2. The third-order valence-electron chi connectivity index (χ3n) is 9.48. The highest BCUT2D eigenvalue weighted by Crippen LogP contribution is 2.40. The number of nitrogens with zero attached hydrogens (tertiary/aromatic N) is 4. The van der Waals surface area contributed by atoms with Crippen LogP contribution in [0.4, 0.5) is 18.0 Å². The van der Waals surface area contributed by atoms with Gasteiger partial charge in [-0.05, 0) is 75.3 Å². The summed E-state index contributed by atoms with van der Waals surface area (Å²) in [5.74, 6) is 1.36. The number of hydrogen-bond donors (Lipinski definition) is 2. The van der Waals surface area contributed by atoms with Gasteiger partial charge >= 0.3 is 12.3 Å². The summed E-state index contributed by atoms with van der Waals surface area (Å²) in [4.78, 5) is 44.1. The van der Waals surface area contributed by atoms with Gasteiger partial charge in [0.05, 0.1) is 24.0 Å². The van der Waals surface area contributed by atoms with Crippen molar-refractivity contribution < 1.29 is 32.2 Å². The van der Waals surface area contributed by atoms with Crippen molar-refractivity contribution in [3.63, 3.8) is 0 Å². The fourth-order valence-electron chi connectivity index (χ4n) is 6.96. The van der Waals surface area contributed by atoms with Crippen molar-refractivity contribution in [3.8, 4) is 39.4 Å². The maximum absolute atomic E-state index is 14.3. The summed E-state index contributed by atoms with van der Waals surface area (Å²) in [5.41, 5.74) is 1.81. The zero-order chi connectivity index (χ0) is 37.3. The number of para-hydroxylation sites is 1. The Hall–Kier alpha value is -5.59. The van der Waals surface area contributed by atoms with E-state index in [2.05, 4.69) is 19.9 Å². The van der Waals surface area contributed by atoms with Crippen molar-refractivity contribution >= 4 is 12.0 Å². The minimum Gasteiger partial charge on any atom is -0.484 e. The third-order valence-corrected chi connectivity index (χ3v) is 9.48. The number of alkyl halides is 3. The summed E-state index contributed by atoms with van der Waals surface area (Å²) >= 11 is 0. The predicted molar refractivity (Wildman–Crippen MR) is 193 cm³/mol. The summed E-state index contributed by atoms with van der Waals surface area (Å²) < 4.78 is 54.0. The van der Waals surface area contributed by atoms with Gasteiger partial charge in [-0.1, -0.05) is 66.7 Å². The molecule has 2 amide bonds. The Kier molecular flexibility index (Phi) is 9.75. The van der Waals surface area contributed by atoms with Crippen LogP contribution in [0.25, 0.3) is 33.6 Å². The van der Waals surface area contributed by atoms with Crippen molar-refractivity contribution in [2.45, 2.75) is 70.3 Å². The first-order valence-corrected chi connectivity index (χ1v) is 17.7. The SMILES string of the molecule is CC(C)(C)OC(=O)N1CCC[C@H]1c1nc(-c2ccc(-c3ccc(-c4cnc([C@@H]5CCCN5C(=O)COc5ccccc5)[nH]4)cc3)cc2)c(C(F)(F)F)[nH]1. The number of carbonyl (C=O) groups is 2. The molecule has 7 rings (SSSR count). The number of halogens is 3. The fraction of sp³-hybridized carbons (Fsp3) is 0.350. The van der Waals surface area contributed by atoms with Crippen LogP contribution in [0, 0.1) is 0 Å². The number of likely N-dealkylation sites (tertiary alicyclic amines) is 2. The zero-order valence-electron chi connectivity index (χ0n) is 29.7. The van der Waals surface area contributed by atoms with Gasteiger partial charge in [-0.15, -0.1) is 0 Å². The van der Waals surface area contributed by atoms with E-state index in [1.165, 1.54) is 4.90 Å². The fourth-order valence-corrected chi connectivity index (χ4v) is 6.96. The molecule has 0 spiro atoms. The summed E-state index contributed by atoms with van der Waals surface area (Å²) in [6, 6.07) is 23.0. The molecule has 2 aliphatic rings. The maximum Gasteiger partial charge on any atom is 0.433 e. The Morgan fingerprint density at radius 3 is 1.98 bits per heavy atom. The highest BCUT2D eigenvalue weighted by Gasteiger charge is 2.41. The number of imidazole rings is 2. The quantitative estimate of drug-likeness (QED) is 0.165. The lowest BCUT2D eigenvalue weighted by Gasteiger charge is -2.27. The van der Waals surface area contributed by atoms with Crippen molar-refractivity contribution in [2.24, 2.45) is 0 Å². The smallest absolute Gasteiger partial charge is 0.433 e. The van der Waals surface area contributed by atoms with E-state index in [4.69, 9.17) is 9.47 Å². The molecule has 10 nitrogen and oxygen atoms in total. The molecule has 2 fully saturated rings. The van der Waals surface area contributed by atoms with Gasteiger partial charge < -0.3 is 24.3 Å². The molecule has 3 aromatic carbocycles. The van der Waals surface area contributed by atoms with E-state index in [0.717, 1.165) is 41.1 Å². The van der Waals surface area contributed by atoms with Crippen LogP contribution in [0.1, 0.15) is 75.9 Å². The first-order valence-electron chi connectivity index (χ1n) is 17.7. The van der Waals surface area contributed by atoms with E-state index in [9.17, 15) is 22.8 Å². The van der Waals surface area contributed by atoms with Gasteiger partial charge in [0.15, 0.2) is 6.61 Å². The number of ether oxygens (including phenoxy) is 2. The molecule has 2 aliphatic heterocycles. The molecule has 0 unspecified atom stereocenters. The second-order valence-electron chi connectivity index (χ2n) is 14.4. The highest BCUT2D eigenvalue weighted by molar-refractivity contribution is 5.78. The Labute approximate surface area is 305 Å². The first-order chi connectivity index (χ1) is 25.3. The van der Waals surface area contributed by atoms with Crippen LogP contribution in [0.2, 0.25) is 0 Å². The molecule has 4 heterocycles. The van der Waals surface area contributed by atoms with Gasteiger partial charge in [-0.2, -0.15) is 13.2 Å². The Bertz CT molecular complexity index is 2050. The molecule has 2 atom stereocenters. The molecule has 2 N–H and O–H groups in total. The number of H-pyrrole nitrogens is 2. The van der Waals surface area contributed by atoms with Crippen LogP contribution >= 0.6 is 0 Å². The molecule has 0 bridgehead atoms. The minimum atomic E-state index is -4.68. The summed E-state index contributed by atoms with van der Waals surface area (Å²) in [5, 5.41) is 0. The van der Waals surface area contributed by atoms with Crippen LogP contribution in [-0.4, -0.2) is 67.0 Å². The molecular weight excluding hydrogens is 685 g/mol. The molecule has 2 saturated heterocycles. The van der Waals surface area contributed by atoms with Crippen LogP contribution < -0.4 is 4.74 Å². The number of rotatable bonds is 8. The monoisotopic (exact) mass is 726 g/mol. The molecule has 13 heteroatoms. The number of amides is 2. The van der Waals surface area contributed by atoms with Crippen molar-refractivity contribution in [1.82, 2.24) is 29.7 Å². The van der Waals surface area contributed by atoms with Crippen LogP contribution in [0.3, 0.4) is 0 Å². The number of aromatic amines is 2. The van der Waals surface area contributed by atoms with E-state index in [1.807, 2.05) is 59.5 Å². The van der Waals surface area contributed by atoms with Gasteiger partial charge in [-0.3, -0.25) is 9.69 Å². The lowest BCUT2D eigenvalue weighted by molar-refractivity contribution is -0.140. The van der Waals surface area contributed by atoms with Crippen molar-refractivity contribution in [2.75, 3.05) is 19.7 Å². The van der Waals surface area contributed by atoms with Gasteiger partial charge in [0.2, 0.25) is 0 Å². The number of aromatic nitrogens is 4. The predicted octanol–water partition coefficient (Wildman–Crippen LogP) is 8.97. The molecule has 0 aliphatic carbocycles. The second-order valence-corrected chi connectivity index (χ2v) is 14.4. The van der Waals surface area contributed by atoms with E-state index in [1.54, 1.807) is 51.2 Å². The van der Waals surface area contributed by atoms with Gasteiger partial charge in [0.1, 0.15) is 34.4 Å². The summed E-state index contributed by atoms with van der Waals surface area (Å²) in [7, 11) is 0. The minimum absolute atomic E-state index is 0.0438. The van der Waals surface area contributed by atoms with E-state index in [-0.39, 0.29) is 30.1 Å². The van der Waals surface area contributed by atoms with Gasteiger partial charge in [0, 0.05) is 18.7 Å². The van der Waals surface area contributed by atoms with E-state index < -0.39 is 29.6 Å². The van der Waals surface area contributed by atoms with Gasteiger partial charge in [0.25, 0.3) is 5.91 Å². The van der Waals surface area contributed by atoms with Crippen LogP contribution in [0.5, 0.6) is 5.75 Å². The highest BCUT2D eigenvalue weighted by atomic mass is 19.4. The molecule has 53 heavy (non-hydrogen) atoms. The third kappa shape index (κ3) is 7.93. The lowest BCUT2D eigenvalue weighted by Crippen LogP contribution is -2.36. The molecular formula is C40H41F3N6O4. The van der Waals surface area contributed by atoms with Crippen molar-refractivity contribution in [3.05, 3.63) is 102 Å². The number of benzene rings is 3. The molecule has 5 aromatic rings. The zero-order valence-corrected chi connectivity index (χ0v) is 29.7. The Morgan fingerprint density at radius 1 is 0.774 bits per heavy atom. The standard InChI is InChI=1S/C40H41F3N6O4/c1-39(2,3)53-38(51)49-22-8-12-32(49)37-46-34(35(47-37)40(41,42)43)28-19-15-26(16-20-28)25-13-17-27(18-14-25)30-23-44-36(45-30)31-11-7-21-48(31)33(50)24-52-29-9-5-4-6-10-29/h4-6,9-10,13-20,23,31-32H,7-8,11-12,21-22,24H2,1-3H3,(H,44,45)(H,46,47)/t31-,32-/m0/s1. The Balaban J connectivity index is 1.04. The largest absolute Gasteiger partial charge is 0.484 e. The van der Waals surface area contributed by atoms with Crippen LogP contribution in [-0.2, 0) is 15.7 Å². The number of hydrogen-bond acceptors (Lipinski definition) is 6. The number of nitrogens with one attached hydrogen (secondary N) is 2. The molecule has 0 radical (unpaired) electrons. The second kappa shape index (κ2) is 14.4. The molecule has 0 saturated carbocycles.